The van der Waals surface area contributed by atoms with Crippen LogP contribution in [0.25, 0.3) is 11.5 Å². The van der Waals surface area contributed by atoms with Crippen LogP contribution in [0, 0.1) is 6.92 Å². The van der Waals surface area contributed by atoms with Crippen molar-refractivity contribution in [2.24, 2.45) is 0 Å². The van der Waals surface area contributed by atoms with Crippen LogP contribution in [0.2, 0.25) is 0 Å². The third-order valence-electron chi connectivity index (χ3n) is 4.64. The van der Waals surface area contributed by atoms with E-state index in [1.165, 1.54) is 18.9 Å². The molecule has 0 aliphatic carbocycles. The summed E-state index contributed by atoms with van der Waals surface area (Å²) in [5.41, 5.74) is 2.63. The quantitative estimate of drug-likeness (QED) is 0.507. The van der Waals surface area contributed by atoms with Gasteiger partial charge in [0.15, 0.2) is 0 Å². The second-order valence-electron chi connectivity index (χ2n) is 7.16. The van der Waals surface area contributed by atoms with Crippen molar-refractivity contribution in [3.8, 4) is 17.2 Å². The predicted molar refractivity (Wildman–Crippen MR) is 116 cm³/mol. The summed E-state index contributed by atoms with van der Waals surface area (Å²) in [6.07, 6.45) is 0.0580. The Labute approximate surface area is 181 Å². The van der Waals surface area contributed by atoms with E-state index in [0.717, 1.165) is 22.6 Å². The molecule has 7 heteroatoms. The summed E-state index contributed by atoms with van der Waals surface area (Å²) in [5, 5.41) is 0. The van der Waals surface area contributed by atoms with Crippen LogP contribution in [0.5, 0.6) is 5.75 Å². The maximum atomic E-state index is 11.9. The highest BCUT2D eigenvalue weighted by Crippen LogP contribution is 2.22. The van der Waals surface area contributed by atoms with Crippen molar-refractivity contribution in [1.82, 2.24) is 9.88 Å². The minimum absolute atomic E-state index is 0.00700. The lowest BCUT2D eigenvalue weighted by molar-refractivity contribution is -0.117. The van der Waals surface area contributed by atoms with Crippen LogP contribution >= 0.6 is 0 Å². The van der Waals surface area contributed by atoms with E-state index in [2.05, 4.69) is 4.98 Å². The monoisotopic (exact) mass is 422 g/mol. The standard InChI is InChI=1S/C24H26N2O5/c1-17(27)15-26(24(28)29-3)16-19-8-7-11-21(14-19)30-13-12-22-18(2)31-23(25-22)20-9-5-4-6-10-20/h4-11,14H,12-13,15-16H2,1-3H3. The maximum Gasteiger partial charge on any atom is 0.410 e. The molecule has 31 heavy (non-hydrogen) atoms. The van der Waals surface area contributed by atoms with E-state index in [1.54, 1.807) is 0 Å². The molecule has 0 atom stereocenters. The number of rotatable bonds is 9. The number of aryl methyl sites for hydroxylation is 1. The number of carbonyl (C=O) groups is 2. The average Bonchev–Trinajstić information content (AvgIpc) is 3.14. The van der Waals surface area contributed by atoms with Gasteiger partial charge in [-0.3, -0.25) is 9.69 Å². The number of ether oxygens (including phenoxy) is 2. The van der Waals surface area contributed by atoms with E-state index in [1.807, 2.05) is 61.5 Å². The summed E-state index contributed by atoms with van der Waals surface area (Å²) in [4.78, 5) is 29.3. The van der Waals surface area contributed by atoms with Crippen molar-refractivity contribution in [3.05, 3.63) is 71.6 Å². The zero-order valence-corrected chi connectivity index (χ0v) is 18.0. The Morgan fingerprint density at radius 1 is 1.10 bits per heavy atom. The van der Waals surface area contributed by atoms with Crippen molar-refractivity contribution in [2.75, 3.05) is 20.3 Å². The van der Waals surface area contributed by atoms with E-state index in [-0.39, 0.29) is 18.9 Å². The topological polar surface area (TPSA) is 81.9 Å². The lowest BCUT2D eigenvalue weighted by Gasteiger charge is -2.20. The Hall–Kier alpha value is -3.61. The molecule has 0 spiro atoms. The number of benzene rings is 2. The van der Waals surface area contributed by atoms with E-state index in [4.69, 9.17) is 13.9 Å². The first-order valence-electron chi connectivity index (χ1n) is 10.0. The molecule has 0 radical (unpaired) electrons. The lowest BCUT2D eigenvalue weighted by atomic mass is 10.2. The van der Waals surface area contributed by atoms with Crippen molar-refractivity contribution in [3.63, 3.8) is 0 Å². The first-order chi connectivity index (χ1) is 15.0. The van der Waals surface area contributed by atoms with Crippen LogP contribution < -0.4 is 4.74 Å². The van der Waals surface area contributed by atoms with Gasteiger partial charge in [-0.1, -0.05) is 30.3 Å². The number of hydrogen-bond donors (Lipinski definition) is 0. The molecular formula is C24H26N2O5. The van der Waals surface area contributed by atoms with Gasteiger partial charge in [0.2, 0.25) is 5.89 Å². The van der Waals surface area contributed by atoms with Gasteiger partial charge < -0.3 is 13.9 Å². The van der Waals surface area contributed by atoms with Crippen LogP contribution in [0.3, 0.4) is 0 Å². The Balaban J connectivity index is 1.60. The van der Waals surface area contributed by atoms with E-state index in [0.29, 0.717) is 24.7 Å². The summed E-state index contributed by atoms with van der Waals surface area (Å²) in [7, 11) is 1.30. The number of ketones is 1. The van der Waals surface area contributed by atoms with Crippen LogP contribution in [-0.4, -0.2) is 42.0 Å². The van der Waals surface area contributed by atoms with Gasteiger partial charge in [0.1, 0.15) is 17.3 Å². The predicted octanol–water partition coefficient (Wildman–Crippen LogP) is 4.43. The van der Waals surface area contributed by atoms with Gasteiger partial charge in [-0.15, -0.1) is 0 Å². The molecular weight excluding hydrogens is 396 g/mol. The molecule has 1 heterocycles. The highest BCUT2D eigenvalue weighted by Gasteiger charge is 2.16. The Kier molecular flexibility index (Phi) is 7.43. The van der Waals surface area contributed by atoms with E-state index in [9.17, 15) is 9.59 Å². The Morgan fingerprint density at radius 2 is 1.87 bits per heavy atom. The molecule has 0 saturated heterocycles. The van der Waals surface area contributed by atoms with Crippen LogP contribution in [0.1, 0.15) is 23.9 Å². The summed E-state index contributed by atoms with van der Waals surface area (Å²) in [6.45, 7) is 4.01. The SMILES string of the molecule is COC(=O)N(CC(C)=O)Cc1cccc(OCCc2nc(-c3ccccc3)oc2C)c1. The third-order valence-corrected chi connectivity index (χ3v) is 4.64. The number of Topliss-reactive ketones (excluding diaryl/α,β-unsaturated/α-hetero) is 1. The van der Waals surface area contributed by atoms with E-state index < -0.39 is 6.09 Å². The summed E-state index contributed by atoms with van der Waals surface area (Å²) < 4.78 is 16.4. The number of nitrogens with zero attached hydrogens (tertiary/aromatic N) is 2. The largest absolute Gasteiger partial charge is 0.493 e. The number of amides is 1. The van der Waals surface area contributed by atoms with Gasteiger partial charge in [0.25, 0.3) is 0 Å². The average molecular weight is 422 g/mol. The number of methoxy groups -OCH3 is 1. The van der Waals surface area contributed by atoms with Crippen LogP contribution in [0.4, 0.5) is 4.79 Å². The second kappa shape index (κ2) is 10.4. The minimum atomic E-state index is -0.544. The highest BCUT2D eigenvalue weighted by molar-refractivity contribution is 5.81. The first-order valence-corrected chi connectivity index (χ1v) is 10.0. The van der Waals surface area contributed by atoms with Gasteiger partial charge in [-0.2, -0.15) is 0 Å². The molecule has 0 N–H and O–H groups in total. The maximum absolute atomic E-state index is 11.9. The molecule has 0 aliphatic heterocycles. The van der Waals surface area contributed by atoms with Gasteiger partial charge >= 0.3 is 6.09 Å². The molecule has 7 nitrogen and oxygen atoms in total. The fraction of sp³-hybridized carbons (Fsp3) is 0.292. The molecule has 0 unspecified atom stereocenters. The normalized spacial score (nSPS) is 10.5. The molecule has 0 aliphatic rings. The zero-order chi connectivity index (χ0) is 22.2. The molecule has 1 amide bonds. The zero-order valence-electron chi connectivity index (χ0n) is 18.0. The molecule has 0 fully saturated rings. The van der Waals surface area contributed by atoms with Gasteiger partial charge in [0, 0.05) is 18.5 Å². The third kappa shape index (κ3) is 6.18. The molecule has 3 aromatic rings. The van der Waals surface area contributed by atoms with Crippen LogP contribution in [0.15, 0.2) is 59.0 Å². The molecule has 3 rings (SSSR count). The number of aromatic nitrogens is 1. The summed E-state index contributed by atoms with van der Waals surface area (Å²) >= 11 is 0. The Bertz CT molecular complexity index is 1030. The van der Waals surface area contributed by atoms with Crippen molar-refractivity contribution >= 4 is 11.9 Å². The summed E-state index contributed by atoms with van der Waals surface area (Å²) in [5.74, 6) is 1.93. The second-order valence-corrected chi connectivity index (χ2v) is 7.16. The molecule has 162 valence electrons. The smallest absolute Gasteiger partial charge is 0.410 e. The fourth-order valence-corrected chi connectivity index (χ4v) is 3.17. The summed E-state index contributed by atoms with van der Waals surface area (Å²) in [6, 6.07) is 17.2. The number of carbonyl (C=O) groups excluding carboxylic acids is 2. The number of oxazole rings is 1. The molecule has 0 saturated carbocycles. The van der Waals surface area contributed by atoms with Crippen molar-refractivity contribution < 1.29 is 23.5 Å². The van der Waals surface area contributed by atoms with Crippen molar-refractivity contribution in [2.45, 2.75) is 26.8 Å². The minimum Gasteiger partial charge on any atom is -0.493 e. The van der Waals surface area contributed by atoms with E-state index >= 15 is 0 Å². The molecule has 2 aromatic carbocycles. The lowest BCUT2D eigenvalue weighted by Crippen LogP contribution is -2.34. The first kappa shape index (κ1) is 22.1. The molecule has 0 bridgehead atoms. The van der Waals surface area contributed by atoms with Crippen LogP contribution in [-0.2, 0) is 22.5 Å². The molecule has 1 aromatic heterocycles. The van der Waals surface area contributed by atoms with Gasteiger partial charge in [-0.05, 0) is 43.7 Å². The van der Waals surface area contributed by atoms with Gasteiger partial charge in [0.05, 0.1) is 26.0 Å². The van der Waals surface area contributed by atoms with Gasteiger partial charge in [-0.25, -0.2) is 9.78 Å². The van der Waals surface area contributed by atoms with Crippen molar-refractivity contribution in [1.29, 1.82) is 0 Å². The number of hydrogen-bond acceptors (Lipinski definition) is 6. The Morgan fingerprint density at radius 3 is 2.58 bits per heavy atom. The fourth-order valence-electron chi connectivity index (χ4n) is 3.17. The highest BCUT2D eigenvalue weighted by atomic mass is 16.5.